The number of ether oxygens (including phenoxy) is 1. The Morgan fingerprint density at radius 1 is 0.923 bits per heavy atom. The molecule has 5 rings (SSSR count). The Morgan fingerprint density at radius 2 is 1.62 bits per heavy atom. The average molecular weight is 363 g/mol. The van der Waals surface area contributed by atoms with Gasteiger partial charge in [-0.25, -0.2) is 0 Å². The summed E-state index contributed by atoms with van der Waals surface area (Å²) in [4.78, 5) is 12.1. The van der Waals surface area contributed by atoms with Crippen molar-refractivity contribution in [1.82, 2.24) is 0 Å². The fourth-order valence-corrected chi connectivity index (χ4v) is 8.47. The number of rotatable bonds is 0. The minimum atomic E-state index is -0.784. The first-order chi connectivity index (χ1) is 12.2. The van der Waals surface area contributed by atoms with Crippen LogP contribution in [0.15, 0.2) is 0 Å². The van der Waals surface area contributed by atoms with E-state index in [-0.39, 0.29) is 22.2 Å². The molecule has 0 radical (unpaired) electrons. The zero-order valence-electron chi connectivity index (χ0n) is 16.3. The first-order valence-corrected chi connectivity index (χ1v) is 10.8. The highest BCUT2D eigenvalue weighted by Gasteiger charge is 2.68. The second-order valence-electron chi connectivity index (χ2n) is 10.7. The largest absolute Gasteiger partial charge is 0.389 e. The van der Waals surface area contributed by atoms with Crippen LogP contribution in [0.2, 0.25) is 0 Å². The molecule has 4 aliphatic carbocycles. The molecule has 26 heavy (non-hydrogen) atoms. The molecule has 1 aliphatic heterocycles. The van der Waals surface area contributed by atoms with E-state index in [0.717, 1.165) is 51.4 Å². The van der Waals surface area contributed by atoms with Crippen LogP contribution in [0, 0.1) is 28.6 Å². The van der Waals surface area contributed by atoms with Crippen molar-refractivity contribution in [3.8, 4) is 0 Å². The Kier molecular flexibility index (Phi) is 3.61. The number of carbonyl (C=O) groups is 1. The Hall–Kier alpha value is -0.450. The normalized spacial score (nSPS) is 59.2. The smallest absolute Gasteiger partial charge is 0.155 e. The molecule has 4 nitrogen and oxygen atoms in total. The van der Waals surface area contributed by atoms with Crippen molar-refractivity contribution in [2.24, 2.45) is 28.6 Å². The topological polar surface area (TPSA) is 66.8 Å². The van der Waals surface area contributed by atoms with Gasteiger partial charge < -0.3 is 14.9 Å². The molecule has 146 valence electrons. The molecular weight excluding hydrogens is 328 g/mol. The second-order valence-corrected chi connectivity index (χ2v) is 10.7. The zero-order valence-corrected chi connectivity index (χ0v) is 16.3. The maximum atomic E-state index is 12.1. The van der Waals surface area contributed by atoms with Crippen LogP contribution in [0.4, 0.5) is 0 Å². The summed E-state index contributed by atoms with van der Waals surface area (Å²) in [6, 6.07) is 0. The summed E-state index contributed by atoms with van der Waals surface area (Å²) in [5.41, 5.74) is -0.869. The van der Waals surface area contributed by atoms with Crippen molar-refractivity contribution >= 4 is 5.78 Å². The average Bonchev–Trinajstić information content (AvgIpc) is 3.10. The second kappa shape index (κ2) is 5.33. The minimum absolute atomic E-state index is 0.114. The number of ketones is 1. The summed E-state index contributed by atoms with van der Waals surface area (Å²) in [7, 11) is 0. The highest BCUT2D eigenvalue weighted by Crippen LogP contribution is 2.70. The van der Waals surface area contributed by atoms with E-state index in [1.807, 2.05) is 0 Å². The van der Waals surface area contributed by atoms with Crippen LogP contribution in [-0.4, -0.2) is 33.5 Å². The van der Waals surface area contributed by atoms with E-state index in [0.29, 0.717) is 30.6 Å². The van der Waals surface area contributed by atoms with Crippen LogP contribution in [0.3, 0.4) is 0 Å². The van der Waals surface area contributed by atoms with E-state index in [1.165, 1.54) is 6.42 Å². The first kappa shape index (κ1) is 17.6. The lowest BCUT2D eigenvalue weighted by atomic mass is 9.43. The molecule has 1 spiro atoms. The third kappa shape index (κ3) is 1.99. The molecule has 1 saturated heterocycles. The van der Waals surface area contributed by atoms with Crippen LogP contribution in [0.5, 0.6) is 0 Å². The third-order valence-electron chi connectivity index (χ3n) is 10.1. The summed E-state index contributed by atoms with van der Waals surface area (Å²) in [6.45, 7) is 4.70. The summed E-state index contributed by atoms with van der Waals surface area (Å²) in [5.74, 6) is 2.03. The van der Waals surface area contributed by atoms with Gasteiger partial charge in [0.15, 0.2) is 6.29 Å². The highest BCUT2D eigenvalue weighted by atomic mass is 16.6. The summed E-state index contributed by atoms with van der Waals surface area (Å²) < 4.78 is 6.19. The van der Waals surface area contributed by atoms with Crippen molar-refractivity contribution < 1.29 is 19.7 Å². The number of aliphatic hydroxyl groups excluding tert-OH is 1. The number of aliphatic hydroxyl groups is 2. The molecule has 0 bridgehead atoms. The lowest BCUT2D eigenvalue weighted by Gasteiger charge is -2.63. The first-order valence-electron chi connectivity index (χ1n) is 10.8. The predicted octanol–water partition coefficient (Wildman–Crippen LogP) is 3.58. The van der Waals surface area contributed by atoms with Crippen molar-refractivity contribution in [1.29, 1.82) is 0 Å². The van der Waals surface area contributed by atoms with Gasteiger partial charge in [0, 0.05) is 24.7 Å². The Bertz CT molecular complexity index is 634. The zero-order chi connectivity index (χ0) is 18.4. The lowest BCUT2D eigenvalue weighted by molar-refractivity contribution is -0.225. The fraction of sp³-hybridized carbons (Fsp3) is 0.955. The Morgan fingerprint density at radius 3 is 2.35 bits per heavy atom. The maximum Gasteiger partial charge on any atom is 0.155 e. The number of Topliss-reactive ketones (excluding diaryl/α,β-unsaturated/α-hetero) is 1. The third-order valence-corrected chi connectivity index (χ3v) is 10.1. The van der Waals surface area contributed by atoms with Crippen LogP contribution in [0.1, 0.15) is 84.5 Å². The summed E-state index contributed by atoms with van der Waals surface area (Å²) in [5, 5.41) is 21.5. The summed E-state index contributed by atoms with van der Waals surface area (Å²) in [6.07, 6.45) is 9.40. The van der Waals surface area contributed by atoms with Crippen molar-refractivity contribution in [3.63, 3.8) is 0 Å². The SMILES string of the molecule is C[C@]12CC[C@H]3[C@@H](CC[C@]4(O)CC(=O)CC[C@]34C)[C@@H]1CC[C@@]21CCC(O)O1. The monoisotopic (exact) mass is 362 g/mol. The summed E-state index contributed by atoms with van der Waals surface area (Å²) >= 11 is 0. The Balaban J connectivity index is 1.47. The molecular formula is C22H34O4. The number of carbonyl (C=O) groups excluding carboxylic acids is 1. The Labute approximate surface area is 156 Å². The van der Waals surface area contributed by atoms with Gasteiger partial charge in [-0.15, -0.1) is 0 Å². The quantitative estimate of drug-likeness (QED) is 0.691. The lowest BCUT2D eigenvalue weighted by Crippen LogP contribution is -2.63. The molecule has 1 unspecified atom stereocenters. The van der Waals surface area contributed by atoms with Gasteiger partial charge in [-0.2, -0.15) is 0 Å². The fourth-order valence-electron chi connectivity index (χ4n) is 8.47. The van der Waals surface area contributed by atoms with Crippen LogP contribution in [0.25, 0.3) is 0 Å². The predicted molar refractivity (Wildman–Crippen MR) is 97.3 cm³/mol. The van der Waals surface area contributed by atoms with Gasteiger partial charge in [-0.1, -0.05) is 13.8 Å². The molecule has 4 saturated carbocycles. The van der Waals surface area contributed by atoms with E-state index in [9.17, 15) is 15.0 Å². The van der Waals surface area contributed by atoms with Gasteiger partial charge >= 0.3 is 0 Å². The van der Waals surface area contributed by atoms with E-state index < -0.39 is 11.9 Å². The molecule has 0 aromatic rings. The van der Waals surface area contributed by atoms with E-state index in [1.54, 1.807) is 0 Å². The van der Waals surface area contributed by atoms with Crippen LogP contribution < -0.4 is 0 Å². The highest BCUT2D eigenvalue weighted by molar-refractivity contribution is 5.80. The van der Waals surface area contributed by atoms with Crippen molar-refractivity contribution in [2.75, 3.05) is 0 Å². The van der Waals surface area contributed by atoms with Gasteiger partial charge in [0.25, 0.3) is 0 Å². The minimum Gasteiger partial charge on any atom is -0.389 e. The number of hydrogen-bond donors (Lipinski definition) is 2. The number of hydrogen-bond acceptors (Lipinski definition) is 4. The van der Waals surface area contributed by atoms with Gasteiger partial charge in [0.05, 0.1) is 11.2 Å². The molecule has 1 heterocycles. The van der Waals surface area contributed by atoms with E-state index >= 15 is 0 Å². The van der Waals surface area contributed by atoms with E-state index in [2.05, 4.69) is 13.8 Å². The maximum absolute atomic E-state index is 12.1. The molecule has 5 aliphatic rings. The molecule has 5 fully saturated rings. The van der Waals surface area contributed by atoms with Gasteiger partial charge in [0.2, 0.25) is 0 Å². The van der Waals surface area contributed by atoms with Crippen molar-refractivity contribution in [2.45, 2.75) is 102 Å². The van der Waals surface area contributed by atoms with Gasteiger partial charge in [-0.3, -0.25) is 4.79 Å². The molecule has 4 heteroatoms. The van der Waals surface area contributed by atoms with Gasteiger partial charge in [0.1, 0.15) is 5.78 Å². The van der Waals surface area contributed by atoms with Crippen LogP contribution >= 0.6 is 0 Å². The van der Waals surface area contributed by atoms with Gasteiger partial charge in [-0.05, 0) is 74.5 Å². The molecule has 8 atom stereocenters. The van der Waals surface area contributed by atoms with Crippen LogP contribution in [-0.2, 0) is 9.53 Å². The molecule has 0 aromatic heterocycles. The molecule has 2 N–H and O–H groups in total. The standard InChI is InChI=1S/C22H34O4/c1-19-8-3-14(23)13-21(19,25)10-4-15-16(19)5-9-20(2)17(15)6-11-22(20)12-7-18(24)26-22/h15-18,24-25H,3-13H2,1-2H3/t15-,16+,17+,18?,19-,20+,21+,22-/m1/s1. The molecule has 0 aromatic carbocycles. The van der Waals surface area contributed by atoms with E-state index in [4.69, 9.17) is 4.74 Å². The molecule has 0 amide bonds. The number of fused-ring (bicyclic) bond motifs is 6. The van der Waals surface area contributed by atoms with Crippen molar-refractivity contribution in [3.05, 3.63) is 0 Å².